The Balaban J connectivity index is 2.77. The van der Waals surface area contributed by atoms with E-state index in [1.807, 2.05) is 0 Å². The molecular formula is C11H15BrF3N3O. The molecule has 0 radical (unpaired) electrons. The molecule has 1 aromatic rings. The van der Waals surface area contributed by atoms with Gasteiger partial charge in [-0.25, -0.2) is 4.68 Å². The maximum atomic E-state index is 12.2. The van der Waals surface area contributed by atoms with E-state index in [-0.39, 0.29) is 4.47 Å². The zero-order chi connectivity index (χ0) is 14.5. The molecule has 0 aromatic carbocycles. The molecule has 19 heavy (non-hydrogen) atoms. The average Bonchev–Trinajstić information content (AvgIpc) is 2.31. The lowest BCUT2D eigenvalue weighted by Crippen LogP contribution is -2.31. The zero-order valence-electron chi connectivity index (χ0n) is 10.4. The molecule has 1 rings (SSSR count). The van der Waals surface area contributed by atoms with E-state index in [9.17, 15) is 18.0 Å². The zero-order valence-corrected chi connectivity index (χ0v) is 12.0. The predicted molar refractivity (Wildman–Crippen MR) is 70.3 cm³/mol. The van der Waals surface area contributed by atoms with Crippen LogP contribution >= 0.6 is 15.9 Å². The van der Waals surface area contributed by atoms with E-state index >= 15 is 0 Å². The van der Waals surface area contributed by atoms with Crippen molar-refractivity contribution >= 4 is 21.6 Å². The van der Waals surface area contributed by atoms with Gasteiger partial charge in [0.05, 0.1) is 11.9 Å². The lowest BCUT2D eigenvalue weighted by atomic mass is 10.2. The summed E-state index contributed by atoms with van der Waals surface area (Å²) in [6, 6.07) is 0. The number of nitrogens with one attached hydrogen (secondary N) is 1. The minimum atomic E-state index is -4.47. The number of rotatable bonds is 6. The molecule has 0 atom stereocenters. The Kier molecular flexibility index (Phi) is 5.84. The van der Waals surface area contributed by atoms with Gasteiger partial charge in [-0.3, -0.25) is 4.79 Å². The summed E-state index contributed by atoms with van der Waals surface area (Å²) in [5.41, 5.74) is -0.377. The number of hydrogen-bond donors (Lipinski definition) is 1. The van der Waals surface area contributed by atoms with Crippen molar-refractivity contribution in [3.05, 3.63) is 21.0 Å². The fourth-order valence-electron chi connectivity index (χ4n) is 1.47. The highest BCUT2D eigenvalue weighted by atomic mass is 79.9. The Morgan fingerprint density at radius 2 is 2.11 bits per heavy atom. The molecule has 0 unspecified atom stereocenters. The van der Waals surface area contributed by atoms with Gasteiger partial charge in [-0.05, 0) is 22.4 Å². The molecule has 0 aliphatic heterocycles. The van der Waals surface area contributed by atoms with Gasteiger partial charge in [-0.1, -0.05) is 19.8 Å². The van der Waals surface area contributed by atoms with Crippen LogP contribution in [0, 0.1) is 0 Å². The van der Waals surface area contributed by atoms with Gasteiger partial charge in [0, 0.05) is 6.54 Å². The van der Waals surface area contributed by atoms with E-state index in [0.29, 0.717) is 16.9 Å². The summed E-state index contributed by atoms with van der Waals surface area (Å²) in [5.74, 6) is 0. The molecule has 1 heterocycles. The van der Waals surface area contributed by atoms with E-state index < -0.39 is 18.3 Å². The van der Waals surface area contributed by atoms with Crippen molar-refractivity contribution in [3.63, 3.8) is 0 Å². The number of nitrogens with zero attached hydrogens (tertiary/aromatic N) is 2. The van der Waals surface area contributed by atoms with E-state index in [1.165, 1.54) is 6.20 Å². The van der Waals surface area contributed by atoms with Crippen LogP contribution in [-0.2, 0) is 6.54 Å². The number of anilines is 1. The van der Waals surface area contributed by atoms with Crippen molar-refractivity contribution in [3.8, 4) is 0 Å². The second kappa shape index (κ2) is 6.93. The largest absolute Gasteiger partial charge is 0.408 e. The van der Waals surface area contributed by atoms with Crippen molar-refractivity contribution in [2.75, 3.05) is 11.9 Å². The SMILES string of the molecule is CCCCCNc1cnn(CC(F)(F)F)c(=O)c1Br. The summed E-state index contributed by atoms with van der Waals surface area (Å²) < 4.78 is 37.1. The van der Waals surface area contributed by atoms with Gasteiger partial charge in [0.15, 0.2) is 0 Å². The molecule has 0 aliphatic carbocycles. The summed E-state index contributed by atoms with van der Waals surface area (Å²) in [6.45, 7) is 1.33. The van der Waals surface area contributed by atoms with Crippen molar-refractivity contribution in [2.24, 2.45) is 0 Å². The minimum Gasteiger partial charge on any atom is -0.383 e. The minimum absolute atomic E-state index is 0.0725. The van der Waals surface area contributed by atoms with E-state index in [0.717, 1.165) is 19.3 Å². The lowest BCUT2D eigenvalue weighted by Gasteiger charge is -2.11. The Hall–Kier alpha value is -1.05. The van der Waals surface area contributed by atoms with Gasteiger partial charge >= 0.3 is 6.18 Å². The first kappa shape index (κ1) is 16.0. The quantitative estimate of drug-likeness (QED) is 0.808. The first-order chi connectivity index (χ1) is 8.85. The highest BCUT2D eigenvalue weighted by Gasteiger charge is 2.29. The van der Waals surface area contributed by atoms with Crippen LogP contribution in [0.4, 0.5) is 18.9 Å². The highest BCUT2D eigenvalue weighted by Crippen LogP contribution is 2.19. The number of alkyl halides is 3. The summed E-state index contributed by atoms with van der Waals surface area (Å²) in [6.07, 6.45) is -0.207. The molecule has 0 saturated heterocycles. The van der Waals surface area contributed by atoms with Crippen LogP contribution in [0.15, 0.2) is 15.5 Å². The molecule has 8 heteroatoms. The molecular weight excluding hydrogens is 327 g/mol. The Bertz CT molecular complexity index is 473. The average molecular weight is 342 g/mol. The van der Waals surface area contributed by atoms with Crippen molar-refractivity contribution in [2.45, 2.75) is 38.9 Å². The monoisotopic (exact) mass is 341 g/mol. The van der Waals surface area contributed by atoms with Crippen molar-refractivity contribution in [1.82, 2.24) is 9.78 Å². The fourth-order valence-corrected chi connectivity index (χ4v) is 1.92. The van der Waals surface area contributed by atoms with Crippen LogP contribution in [0.1, 0.15) is 26.2 Å². The van der Waals surface area contributed by atoms with Gasteiger partial charge in [-0.15, -0.1) is 0 Å². The predicted octanol–water partition coefficient (Wildman–Crippen LogP) is 3.17. The second-order valence-corrected chi connectivity index (χ2v) is 4.88. The first-order valence-corrected chi connectivity index (χ1v) is 6.70. The van der Waals surface area contributed by atoms with Crippen LogP contribution in [-0.4, -0.2) is 22.5 Å². The van der Waals surface area contributed by atoms with Gasteiger partial charge in [0.1, 0.15) is 11.0 Å². The molecule has 0 spiro atoms. The van der Waals surface area contributed by atoms with Crippen LogP contribution in [0.3, 0.4) is 0 Å². The van der Waals surface area contributed by atoms with Gasteiger partial charge in [-0.2, -0.15) is 18.3 Å². The Morgan fingerprint density at radius 3 is 2.68 bits per heavy atom. The maximum absolute atomic E-state index is 12.2. The maximum Gasteiger partial charge on any atom is 0.408 e. The molecule has 4 nitrogen and oxygen atoms in total. The molecule has 1 aromatic heterocycles. The van der Waals surface area contributed by atoms with Crippen LogP contribution < -0.4 is 10.9 Å². The first-order valence-electron chi connectivity index (χ1n) is 5.91. The third-order valence-electron chi connectivity index (χ3n) is 2.41. The third kappa shape index (κ3) is 5.22. The summed E-state index contributed by atoms with van der Waals surface area (Å²) in [7, 11) is 0. The lowest BCUT2D eigenvalue weighted by molar-refractivity contribution is -0.143. The summed E-state index contributed by atoms with van der Waals surface area (Å²) in [5, 5.41) is 6.49. The van der Waals surface area contributed by atoms with Crippen LogP contribution in [0.5, 0.6) is 0 Å². The number of unbranched alkanes of at least 4 members (excludes halogenated alkanes) is 2. The topological polar surface area (TPSA) is 46.9 Å². The molecule has 1 N–H and O–H groups in total. The van der Waals surface area contributed by atoms with E-state index in [2.05, 4.69) is 33.3 Å². The normalized spacial score (nSPS) is 11.6. The molecule has 0 bridgehead atoms. The number of hydrogen-bond acceptors (Lipinski definition) is 3. The summed E-state index contributed by atoms with van der Waals surface area (Å²) in [4.78, 5) is 11.7. The fraction of sp³-hybridized carbons (Fsp3) is 0.636. The molecule has 0 amide bonds. The molecule has 0 saturated carbocycles. The van der Waals surface area contributed by atoms with Crippen LogP contribution in [0.25, 0.3) is 0 Å². The number of halogens is 4. The Morgan fingerprint density at radius 1 is 1.42 bits per heavy atom. The molecule has 108 valence electrons. The standard InChI is InChI=1S/C11H15BrF3N3O/c1-2-3-4-5-16-8-6-17-18(7-11(13,14)15)10(19)9(8)12/h6,16H,2-5,7H2,1H3. The number of aromatic nitrogens is 2. The van der Waals surface area contributed by atoms with Crippen molar-refractivity contribution < 1.29 is 13.2 Å². The van der Waals surface area contributed by atoms with Crippen LogP contribution in [0.2, 0.25) is 0 Å². The van der Waals surface area contributed by atoms with Gasteiger partial charge in [0.2, 0.25) is 0 Å². The Labute approximate surface area is 117 Å². The van der Waals surface area contributed by atoms with E-state index in [1.54, 1.807) is 0 Å². The smallest absolute Gasteiger partial charge is 0.383 e. The third-order valence-corrected chi connectivity index (χ3v) is 3.18. The van der Waals surface area contributed by atoms with Gasteiger partial charge < -0.3 is 5.32 Å². The highest BCUT2D eigenvalue weighted by molar-refractivity contribution is 9.10. The summed E-state index contributed by atoms with van der Waals surface area (Å²) >= 11 is 3.00. The second-order valence-electron chi connectivity index (χ2n) is 4.08. The van der Waals surface area contributed by atoms with E-state index in [4.69, 9.17) is 0 Å². The molecule has 0 aliphatic rings. The van der Waals surface area contributed by atoms with Crippen molar-refractivity contribution in [1.29, 1.82) is 0 Å². The van der Waals surface area contributed by atoms with Gasteiger partial charge in [0.25, 0.3) is 5.56 Å². The molecule has 0 fully saturated rings.